The average molecular weight is 352 g/mol. The second-order valence-electron chi connectivity index (χ2n) is 7.05. The van der Waals surface area contributed by atoms with Crippen LogP contribution >= 0.6 is 0 Å². The summed E-state index contributed by atoms with van der Waals surface area (Å²) in [4.78, 5) is 17.0. The number of carbonyl (C=O) groups is 1. The Morgan fingerprint density at radius 3 is 3.00 bits per heavy atom. The van der Waals surface area contributed by atoms with Crippen molar-refractivity contribution in [1.29, 1.82) is 0 Å². The fourth-order valence-electron chi connectivity index (χ4n) is 3.67. The van der Waals surface area contributed by atoms with Gasteiger partial charge in [0.1, 0.15) is 0 Å². The Morgan fingerprint density at radius 2 is 2.19 bits per heavy atom. The van der Waals surface area contributed by atoms with Gasteiger partial charge in [-0.1, -0.05) is 12.1 Å². The zero-order chi connectivity index (χ0) is 18.1. The lowest BCUT2D eigenvalue weighted by molar-refractivity contribution is -0.121. The fourth-order valence-corrected chi connectivity index (χ4v) is 3.67. The van der Waals surface area contributed by atoms with E-state index < -0.39 is 0 Å². The number of rotatable bonds is 5. The number of carbonyl (C=O) groups excluding carboxylic acids is 1. The molecule has 3 heterocycles. The smallest absolute Gasteiger partial charge is 0.220 e. The van der Waals surface area contributed by atoms with Crippen LogP contribution in [0.25, 0.3) is 16.6 Å². The van der Waals surface area contributed by atoms with E-state index in [1.807, 2.05) is 35.7 Å². The lowest BCUT2D eigenvalue weighted by atomic mass is 10.1. The third-order valence-corrected chi connectivity index (χ3v) is 5.23. The van der Waals surface area contributed by atoms with Crippen molar-refractivity contribution in [2.75, 3.05) is 19.8 Å². The Hall–Kier alpha value is -2.47. The molecule has 1 aromatic carbocycles. The zero-order valence-electron chi connectivity index (χ0n) is 15.3. The zero-order valence-corrected chi connectivity index (χ0v) is 15.3. The molecule has 2 aromatic heterocycles. The lowest BCUT2D eigenvalue weighted by Gasteiger charge is -2.12. The van der Waals surface area contributed by atoms with Crippen molar-refractivity contribution in [3.05, 3.63) is 41.2 Å². The van der Waals surface area contributed by atoms with Crippen molar-refractivity contribution in [1.82, 2.24) is 19.9 Å². The van der Waals surface area contributed by atoms with Crippen molar-refractivity contribution in [3.63, 3.8) is 0 Å². The second kappa shape index (κ2) is 7.03. The molecular weight excluding hydrogens is 328 g/mol. The maximum atomic E-state index is 12.2. The summed E-state index contributed by atoms with van der Waals surface area (Å²) in [5.74, 6) is 0.540. The maximum Gasteiger partial charge on any atom is 0.220 e. The van der Waals surface area contributed by atoms with Crippen LogP contribution in [-0.2, 0) is 16.0 Å². The molecule has 136 valence electrons. The number of hydrogen-bond acceptors (Lipinski definition) is 4. The Labute approximate surface area is 152 Å². The van der Waals surface area contributed by atoms with Crippen molar-refractivity contribution >= 4 is 22.5 Å². The van der Waals surface area contributed by atoms with E-state index in [2.05, 4.69) is 17.3 Å². The number of amides is 1. The summed E-state index contributed by atoms with van der Waals surface area (Å²) in [6.07, 6.45) is 2.17. The summed E-state index contributed by atoms with van der Waals surface area (Å²) < 4.78 is 7.25. The van der Waals surface area contributed by atoms with E-state index >= 15 is 0 Å². The van der Waals surface area contributed by atoms with E-state index in [9.17, 15) is 4.79 Å². The molecule has 1 aliphatic heterocycles. The molecule has 1 aliphatic rings. The molecule has 26 heavy (non-hydrogen) atoms. The first-order chi connectivity index (χ1) is 12.6. The number of nitrogens with zero attached hydrogens (tertiary/aromatic N) is 3. The molecule has 0 spiro atoms. The normalized spacial score (nSPS) is 17.2. The SMILES string of the molecule is Cc1nc2c3ccccc3nn2c(C)c1CCC(=O)NC[C@@H]1CCOC1. The number of benzene rings is 1. The maximum absolute atomic E-state index is 12.2. The second-order valence-corrected chi connectivity index (χ2v) is 7.05. The first-order valence-corrected chi connectivity index (χ1v) is 9.21. The molecule has 4 rings (SSSR count). The van der Waals surface area contributed by atoms with Gasteiger partial charge in [0.2, 0.25) is 5.91 Å². The molecule has 6 nitrogen and oxygen atoms in total. The van der Waals surface area contributed by atoms with Gasteiger partial charge in [-0.15, -0.1) is 0 Å². The van der Waals surface area contributed by atoms with Crippen LogP contribution in [0.4, 0.5) is 0 Å². The van der Waals surface area contributed by atoms with Gasteiger partial charge in [-0.05, 0) is 44.4 Å². The standard InChI is InChI=1S/C20H24N4O2/c1-13-16(7-8-19(25)21-11-15-9-10-26-12-15)14(2)24-20(22-13)17-5-3-4-6-18(17)23-24/h3-6,15H,7-12H2,1-2H3,(H,21,25)/t15-/m0/s1. The van der Waals surface area contributed by atoms with Crippen molar-refractivity contribution in [2.45, 2.75) is 33.1 Å². The van der Waals surface area contributed by atoms with E-state index in [1.54, 1.807) is 0 Å². The van der Waals surface area contributed by atoms with Crippen molar-refractivity contribution < 1.29 is 9.53 Å². The largest absolute Gasteiger partial charge is 0.381 e. The average Bonchev–Trinajstić information content (AvgIpc) is 3.28. The van der Waals surface area contributed by atoms with E-state index in [4.69, 9.17) is 9.72 Å². The van der Waals surface area contributed by atoms with E-state index in [1.165, 1.54) is 0 Å². The van der Waals surface area contributed by atoms with Gasteiger partial charge in [-0.25, -0.2) is 9.50 Å². The highest BCUT2D eigenvalue weighted by atomic mass is 16.5. The van der Waals surface area contributed by atoms with Gasteiger partial charge in [-0.3, -0.25) is 4.79 Å². The highest BCUT2D eigenvalue weighted by Crippen LogP contribution is 2.22. The third-order valence-electron chi connectivity index (χ3n) is 5.23. The van der Waals surface area contributed by atoms with Crippen LogP contribution in [0.3, 0.4) is 0 Å². The summed E-state index contributed by atoms with van der Waals surface area (Å²) >= 11 is 0. The first kappa shape index (κ1) is 17.0. The number of aryl methyl sites for hydroxylation is 2. The van der Waals surface area contributed by atoms with Gasteiger partial charge in [0.25, 0.3) is 0 Å². The molecular formula is C20H24N4O2. The van der Waals surface area contributed by atoms with Crippen molar-refractivity contribution in [2.24, 2.45) is 5.92 Å². The molecule has 1 atom stereocenters. The van der Waals surface area contributed by atoms with E-state index in [-0.39, 0.29) is 5.91 Å². The first-order valence-electron chi connectivity index (χ1n) is 9.21. The molecule has 0 radical (unpaired) electrons. The topological polar surface area (TPSA) is 68.5 Å². The minimum Gasteiger partial charge on any atom is -0.381 e. The molecule has 0 aliphatic carbocycles. The minimum absolute atomic E-state index is 0.0847. The third kappa shape index (κ3) is 3.17. The Kier molecular flexibility index (Phi) is 4.59. The predicted molar refractivity (Wildman–Crippen MR) is 100 cm³/mol. The monoisotopic (exact) mass is 352 g/mol. The Balaban J connectivity index is 1.50. The fraction of sp³-hybridized carbons (Fsp3) is 0.450. The van der Waals surface area contributed by atoms with Crippen LogP contribution in [-0.4, -0.2) is 40.3 Å². The summed E-state index contributed by atoms with van der Waals surface area (Å²) in [5.41, 5.74) is 4.95. The van der Waals surface area contributed by atoms with Crippen LogP contribution in [0.1, 0.15) is 29.8 Å². The van der Waals surface area contributed by atoms with Gasteiger partial charge < -0.3 is 10.1 Å². The van der Waals surface area contributed by atoms with Gasteiger partial charge in [0.05, 0.1) is 12.1 Å². The number of aromatic nitrogens is 3. The number of fused-ring (bicyclic) bond motifs is 3. The number of nitrogens with one attached hydrogen (secondary N) is 1. The van der Waals surface area contributed by atoms with Crippen LogP contribution in [0.2, 0.25) is 0 Å². The van der Waals surface area contributed by atoms with Crippen LogP contribution in [0.15, 0.2) is 24.3 Å². The predicted octanol–water partition coefficient (Wildman–Crippen LogP) is 2.58. The summed E-state index contributed by atoms with van der Waals surface area (Å²) in [7, 11) is 0. The molecule has 0 saturated carbocycles. The molecule has 1 amide bonds. The molecule has 1 saturated heterocycles. The number of hydrogen-bond donors (Lipinski definition) is 1. The summed E-state index contributed by atoms with van der Waals surface area (Å²) in [5, 5.41) is 8.76. The molecule has 0 bridgehead atoms. The number of ether oxygens (including phenoxy) is 1. The van der Waals surface area contributed by atoms with Gasteiger partial charge >= 0.3 is 0 Å². The van der Waals surface area contributed by atoms with Crippen LogP contribution in [0.5, 0.6) is 0 Å². The minimum atomic E-state index is 0.0847. The molecule has 3 aromatic rings. The van der Waals surface area contributed by atoms with E-state index in [0.29, 0.717) is 25.3 Å². The van der Waals surface area contributed by atoms with Crippen LogP contribution in [0, 0.1) is 19.8 Å². The Morgan fingerprint density at radius 1 is 1.35 bits per heavy atom. The molecule has 6 heteroatoms. The molecule has 1 fully saturated rings. The van der Waals surface area contributed by atoms with E-state index in [0.717, 1.165) is 53.1 Å². The van der Waals surface area contributed by atoms with Gasteiger partial charge in [0, 0.05) is 42.3 Å². The molecule has 1 N–H and O–H groups in total. The quantitative estimate of drug-likeness (QED) is 0.766. The highest BCUT2D eigenvalue weighted by molar-refractivity contribution is 5.92. The summed E-state index contributed by atoms with van der Waals surface area (Å²) in [6, 6.07) is 8.03. The van der Waals surface area contributed by atoms with Crippen molar-refractivity contribution in [3.8, 4) is 0 Å². The lowest BCUT2D eigenvalue weighted by Crippen LogP contribution is -2.29. The highest BCUT2D eigenvalue weighted by Gasteiger charge is 2.17. The molecule has 0 unspecified atom stereocenters. The summed E-state index contributed by atoms with van der Waals surface area (Å²) in [6.45, 7) is 6.34. The van der Waals surface area contributed by atoms with Gasteiger partial charge in [0.15, 0.2) is 5.65 Å². The van der Waals surface area contributed by atoms with Crippen LogP contribution < -0.4 is 5.32 Å². The van der Waals surface area contributed by atoms with Gasteiger partial charge in [-0.2, -0.15) is 5.10 Å². The Bertz CT molecular complexity index is 957.